The number of phenols is 1. The van der Waals surface area contributed by atoms with Gasteiger partial charge in [-0.2, -0.15) is 0 Å². The highest BCUT2D eigenvalue weighted by Crippen LogP contribution is 2.71. The lowest BCUT2D eigenvalue weighted by Gasteiger charge is -2.20. The second kappa shape index (κ2) is 27.1. The highest BCUT2D eigenvalue weighted by atomic mass is 33.1. The predicted octanol–water partition coefficient (Wildman–Crippen LogP) is 15.6. The fourth-order valence-corrected chi connectivity index (χ4v) is 15.0. The minimum absolute atomic E-state index is 0.382. The van der Waals surface area contributed by atoms with Gasteiger partial charge >= 0.3 is 0 Å². The van der Waals surface area contributed by atoms with Gasteiger partial charge in [-0.05, 0) is 40.7 Å². The average Bonchev–Trinajstić information content (AvgIpc) is 3.12. The van der Waals surface area contributed by atoms with Crippen molar-refractivity contribution in [3.63, 3.8) is 0 Å². The molecule has 0 amide bonds. The molecular formula is C45H69O2PS2. The Labute approximate surface area is 315 Å². The first-order chi connectivity index (χ1) is 24.5. The van der Waals surface area contributed by atoms with Crippen LogP contribution < -0.4 is 0 Å². The van der Waals surface area contributed by atoms with Crippen molar-refractivity contribution in [2.24, 2.45) is 0 Å². The molecule has 1 N–H and O–H groups in total. The van der Waals surface area contributed by atoms with Crippen LogP contribution in [0.3, 0.4) is 0 Å². The maximum atomic E-state index is 14.8. The zero-order valence-corrected chi connectivity index (χ0v) is 34.3. The maximum absolute atomic E-state index is 14.8. The van der Waals surface area contributed by atoms with Gasteiger partial charge in [0, 0.05) is 30.5 Å². The van der Waals surface area contributed by atoms with Crippen molar-refractivity contribution in [3.8, 4) is 5.75 Å². The van der Waals surface area contributed by atoms with Crippen LogP contribution in [0.25, 0.3) is 0 Å². The van der Waals surface area contributed by atoms with Gasteiger partial charge in [-0.3, -0.25) is 0 Å². The molecule has 0 aliphatic heterocycles. The van der Waals surface area contributed by atoms with Crippen molar-refractivity contribution in [1.29, 1.82) is 0 Å². The SMILES string of the molecule is CCCCCCCCCCCCSP(=O)(Cc1cc(Cc2ccccc2)c(O)c(Cc2ccccc2)c1)SCCCCCCCCCCCC. The maximum Gasteiger partial charge on any atom is 0.195 e. The molecule has 0 unspecified atom stereocenters. The smallest absolute Gasteiger partial charge is 0.195 e. The van der Waals surface area contributed by atoms with Crippen molar-refractivity contribution in [2.75, 3.05) is 11.5 Å². The monoisotopic (exact) mass is 736 g/mol. The van der Waals surface area contributed by atoms with Crippen LogP contribution in [0.1, 0.15) is 170 Å². The summed E-state index contributed by atoms with van der Waals surface area (Å²) in [5, 5.41) is 11.5. The molecule has 278 valence electrons. The zero-order valence-electron chi connectivity index (χ0n) is 31.7. The Morgan fingerprint density at radius 1 is 0.480 bits per heavy atom. The lowest BCUT2D eigenvalue weighted by atomic mass is 9.95. The summed E-state index contributed by atoms with van der Waals surface area (Å²) in [5.74, 6) is 2.34. The minimum Gasteiger partial charge on any atom is -0.507 e. The third-order valence-corrected chi connectivity index (χ3v) is 18.4. The van der Waals surface area contributed by atoms with Gasteiger partial charge < -0.3 is 9.67 Å². The molecule has 3 rings (SSSR count). The van der Waals surface area contributed by atoms with Crippen molar-refractivity contribution in [3.05, 3.63) is 101 Å². The predicted molar refractivity (Wildman–Crippen MR) is 227 cm³/mol. The molecule has 3 aromatic rings. The van der Waals surface area contributed by atoms with E-state index in [-0.39, 0.29) is 0 Å². The molecule has 2 nitrogen and oxygen atoms in total. The van der Waals surface area contributed by atoms with E-state index in [2.05, 4.69) is 74.5 Å². The second-order valence-electron chi connectivity index (χ2n) is 14.4. The molecule has 50 heavy (non-hydrogen) atoms. The Hall–Kier alpha value is -1.61. The summed E-state index contributed by atoms with van der Waals surface area (Å²) in [6.07, 6.45) is 28.4. The van der Waals surface area contributed by atoms with E-state index in [1.54, 1.807) is 22.8 Å². The Morgan fingerprint density at radius 3 is 1.18 bits per heavy atom. The highest BCUT2D eigenvalue weighted by molar-refractivity contribution is 8.90. The van der Waals surface area contributed by atoms with Crippen LogP contribution in [0.2, 0.25) is 0 Å². The van der Waals surface area contributed by atoms with Crippen LogP contribution in [-0.2, 0) is 23.6 Å². The van der Waals surface area contributed by atoms with Crippen molar-refractivity contribution >= 4 is 28.3 Å². The normalized spacial score (nSPS) is 11.7. The van der Waals surface area contributed by atoms with Gasteiger partial charge in [0.05, 0.1) is 0 Å². The van der Waals surface area contributed by atoms with Gasteiger partial charge in [-0.1, -0.05) is 225 Å². The van der Waals surface area contributed by atoms with Gasteiger partial charge in [-0.15, -0.1) is 0 Å². The average molecular weight is 737 g/mol. The first-order valence-corrected chi connectivity index (χ1v) is 25.4. The summed E-state index contributed by atoms with van der Waals surface area (Å²) in [6, 6.07) is 25.1. The standard InChI is InChI=1S/C45H69O2PS2/c1-3-5-7-9-11-13-15-17-19-27-33-49-48(47,50-34-28-20-18-16-14-12-10-8-6-4-2)39-42-37-43(35-40-29-23-21-24-30-40)45(46)44(38-42)36-41-31-25-22-26-32-41/h21-26,29-32,37-38,46H,3-20,27-28,33-36,39H2,1-2H3. The lowest BCUT2D eigenvalue weighted by Crippen LogP contribution is -1.98. The molecule has 0 saturated carbocycles. The number of hydrogen-bond donors (Lipinski definition) is 1. The lowest BCUT2D eigenvalue weighted by molar-refractivity contribution is 0.463. The summed E-state index contributed by atoms with van der Waals surface area (Å²) in [4.78, 5) is 0. The summed E-state index contributed by atoms with van der Waals surface area (Å²) in [5.41, 5.74) is 2.77. The summed E-state index contributed by atoms with van der Waals surface area (Å²) in [7, 11) is 0. The van der Waals surface area contributed by atoms with Crippen LogP contribution in [0.4, 0.5) is 0 Å². The second-order valence-corrected chi connectivity index (χ2v) is 23.0. The summed E-state index contributed by atoms with van der Waals surface area (Å²) < 4.78 is 14.8. The number of aromatic hydroxyl groups is 1. The highest BCUT2D eigenvalue weighted by Gasteiger charge is 2.25. The summed E-state index contributed by atoms with van der Waals surface area (Å²) >= 11 is 3.51. The van der Waals surface area contributed by atoms with E-state index in [4.69, 9.17) is 0 Å². The minimum atomic E-state index is -2.56. The van der Waals surface area contributed by atoms with E-state index in [1.807, 2.05) is 12.1 Å². The number of phenolic OH excluding ortho intramolecular Hbond substituents is 1. The van der Waals surface area contributed by atoms with Crippen LogP contribution in [-0.4, -0.2) is 16.6 Å². The van der Waals surface area contributed by atoms with E-state index in [0.29, 0.717) is 24.8 Å². The van der Waals surface area contributed by atoms with Crippen LogP contribution in [0.15, 0.2) is 72.8 Å². The fraction of sp³-hybridized carbons (Fsp3) is 0.600. The number of unbranched alkanes of at least 4 members (excludes halogenated alkanes) is 18. The molecule has 0 atom stereocenters. The molecule has 0 fully saturated rings. The first kappa shape index (κ1) is 42.8. The summed E-state index contributed by atoms with van der Waals surface area (Å²) in [6.45, 7) is 4.56. The molecule has 0 radical (unpaired) electrons. The Balaban J connectivity index is 1.63. The molecule has 0 bridgehead atoms. The van der Waals surface area contributed by atoms with Gasteiger partial charge in [0.2, 0.25) is 0 Å². The Morgan fingerprint density at radius 2 is 0.820 bits per heavy atom. The van der Waals surface area contributed by atoms with Crippen LogP contribution in [0, 0.1) is 0 Å². The molecule has 0 saturated heterocycles. The van der Waals surface area contributed by atoms with E-state index >= 15 is 0 Å². The Kier molecular flexibility index (Phi) is 23.2. The van der Waals surface area contributed by atoms with Crippen LogP contribution >= 0.6 is 28.3 Å². The molecule has 0 aliphatic carbocycles. The Bertz CT molecular complexity index is 1220. The molecule has 3 aromatic carbocycles. The number of rotatable bonds is 30. The van der Waals surface area contributed by atoms with Crippen molar-refractivity contribution in [2.45, 2.75) is 161 Å². The van der Waals surface area contributed by atoms with E-state index in [9.17, 15) is 9.67 Å². The molecule has 0 heterocycles. The van der Waals surface area contributed by atoms with Gasteiger partial charge in [0.15, 0.2) is 5.55 Å². The number of benzene rings is 3. The molecule has 5 heteroatoms. The van der Waals surface area contributed by atoms with E-state index in [1.165, 1.54) is 127 Å². The van der Waals surface area contributed by atoms with E-state index in [0.717, 1.165) is 41.0 Å². The number of hydrogen-bond acceptors (Lipinski definition) is 4. The van der Waals surface area contributed by atoms with Crippen molar-refractivity contribution < 1.29 is 9.67 Å². The quantitative estimate of drug-likeness (QED) is 0.0546. The van der Waals surface area contributed by atoms with Gasteiger partial charge in [0.25, 0.3) is 0 Å². The third-order valence-electron chi connectivity index (χ3n) is 9.75. The third kappa shape index (κ3) is 18.8. The fourth-order valence-electron chi connectivity index (χ4n) is 6.76. The van der Waals surface area contributed by atoms with Crippen molar-refractivity contribution in [1.82, 2.24) is 0 Å². The van der Waals surface area contributed by atoms with Gasteiger partial charge in [-0.25, -0.2) is 0 Å². The largest absolute Gasteiger partial charge is 0.507 e. The molecule has 0 aliphatic rings. The zero-order chi connectivity index (χ0) is 35.5. The van der Waals surface area contributed by atoms with E-state index < -0.39 is 5.55 Å². The van der Waals surface area contributed by atoms with Crippen LogP contribution in [0.5, 0.6) is 5.75 Å². The first-order valence-electron chi connectivity index (χ1n) is 20.3. The molecule has 0 spiro atoms. The van der Waals surface area contributed by atoms with Gasteiger partial charge in [0.1, 0.15) is 5.75 Å². The molecular weight excluding hydrogens is 668 g/mol. The topological polar surface area (TPSA) is 37.3 Å². The molecule has 0 aromatic heterocycles.